The lowest BCUT2D eigenvalue weighted by molar-refractivity contribution is -0.140. The Hall–Kier alpha value is -3.36. The van der Waals surface area contributed by atoms with Crippen LogP contribution in [0.3, 0.4) is 0 Å². The number of carbonyl (C=O) groups is 2. The molecular weight excluding hydrogens is 534 g/mol. The van der Waals surface area contributed by atoms with E-state index in [0.29, 0.717) is 10.7 Å². The highest BCUT2D eigenvalue weighted by Crippen LogP contribution is 2.23. The molecule has 0 radical (unpaired) electrons. The van der Waals surface area contributed by atoms with Gasteiger partial charge in [0.15, 0.2) is 0 Å². The molecule has 0 aliphatic rings. The fourth-order valence-corrected chi connectivity index (χ4v) is 5.17. The third kappa shape index (κ3) is 8.83. The molecule has 1 atom stereocenters. The predicted octanol–water partition coefficient (Wildman–Crippen LogP) is 4.97. The third-order valence-electron chi connectivity index (χ3n) is 6.17. The summed E-state index contributed by atoms with van der Waals surface area (Å²) in [5, 5.41) is 3.46. The van der Waals surface area contributed by atoms with Crippen molar-refractivity contribution in [1.82, 2.24) is 10.2 Å². The van der Waals surface area contributed by atoms with Crippen LogP contribution in [0.25, 0.3) is 0 Å². The summed E-state index contributed by atoms with van der Waals surface area (Å²) in [7, 11) is -3.83. The molecular formula is C30H36ClN3O4S. The van der Waals surface area contributed by atoms with Crippen LogP contribution in [0.15, 0.2) is 78.9 Å². The van der Waals surface area contributed by atoms with Gasteiger partial charge in [0.05, 0.1) is 11.9 Å². The van der Waals surface area contributed by atoms with E-state index in [1.165, 1.54) is 4.90 Å². The fourth-order valence-electron chi connectivity index (χ4n) is 4.20. The second-order valence-corrected chi connectivity index (χ2v) is 13.0. The van der Waals surface area contributed by atoms with Crippen molar-refractivity contribution in [1.29, 1.82) is 0 Å². The van der Waals surface area contributed by atoms with Crippen LogP contribution in [0.4, 0.5) is 5.69 Å². The van der Waals surface area contributed by atoms with Crippen LogP contribution in [0.2, 0.25) is 5.02 Å². The first kappa shape index (κ1) is 30.2. The third-order valence-corrected chi connectivity index (χ3v) is 7.56. The van der Waals surface area contributed by atoms with Crippen LogP contribution >= 0.6 is 11.6 Å². The molecule has 0 bridgehead atoms. The molecule has 3 aromatic carbocycles. The minimum absolute atomic E-state index is 0.138. The minimum atomic E-state index is -3.83. The first-order valence-corrected chi connectivity index (χ1v) is 14.9. The molecule has 7 nitrogen and oxygen atoms in total. The van der Waals surface area contributed by atoms with E-state index < -0.39 is 34.1 Å². The Bertz CT molecular complexity index is 1390. The number of sulfonamides is 1. The number of hydrogen-bond donors (Lipinski definition) is 1. The number of rotatable bonds is 10. The molecule has 0 aliphatic heterocycles. The zero-order chi connectivity index (χ0) is 28.8. The molecule has 0 aromatic heterocycles. The van der Waals surface area contributed by atoms with Gasteiger partial charge < -0.3 is 10.2 Å². The maximum absolute atomic E-state index is 14.1. The first-order valence-electron chi connectivity index (χ1n) is 12.7. The number of anilines is 1. The smallest absolute Gasteiger partial charge is 0.244 e. The SMILES string of the molecule is Cc1ccccc1CN(C(=O)CN(c1ccc(Cl)cc1)S(C)(=O)=O)[C@@H](Cc1ccccc1)C(=O)NC(C)(C)C. The van der Waals surface area contributed by atoms with E-state index >= 15 is 0 Å². The molecule has 2 amide bonds. The molecule has 0 unspecified atom stereocenters. The number of amides is 2. The van der Waals surface area contributed by atoms with Gasteiger partial charge in [0.1, 0.15) is 12.6 Å². The lowest BCUT2D eigenvalue weighted by Gasteiger charge is -2.35. The minimum Gasteiger partial charge on any atom is -0.350 e. The predicted molar refractivity (Wildman–Crippen MR) is 157 cm³/mol. The van der Waals surface area contributed by atoms with Gasteiger partial charge in [-0.2, -0.15) is 0 Å². The van der Waals surface area contributed by atoms with Gasteiger partial charge in [-0.1, -0.05) is 66.2 Å². The lowest BCUT2D eigenvalue weighted by atomic mass is 10.00. The van der Waals surface area contributed by atoms with Crippen molar-refractivity contribution >= 4 is 39.1 Å². The zero-order valence-electron chi connectivity index (χ0n) is 23.0. The highest BCUT2D eigenvalue weighted by atomic mass is 35.5. The zero-order valence-corrected chi connectivity index (χ0v) is 24.6. The van der Waals surface area contributed by atoms with Gasteiger partial charge in [-0.15, -0.1) is 0 Å². The summed E-state index contributed by atoms with van der Waals surface area (Å²) in [5.74, 6) is -0.811. The van der Waals surface area contributed by atoms with Crippen molar-refractivity contribution in [2.45, 2.75) is 52.2 Å². The van der Waals surface area contributed by atoms with E-state index in [4.69, 9.17) is 11.6 Å². The largest absolute Gasteiger partial charge is 0.350 e. The highest BCUT2D eigenvalue weighted by molar-refractivity contribution is 7.92. The molecule has 0 fully saturated rings. The van der Waals surface area contributed by atoms with Crippen molar-refractivity contribution in [3.8, 4) is 0 Å². The normalized spacial score (nSPS) is 12.5. The van der Waals surface area contributed by atoms with Gasteiger partial charge >= 0.3 is 0 Å². The molecule has 0 spiro atoms. The number of halogens is 1. The molecule has 3 aromatic rings. The van der Waals surface area contributed by atoms with Crippen LogP contribution in [0, 0.1) is 6.92 Å². The molecule has 1 N–H and O–H groups in total. The van der Waals surface area contributed by atoms with Gasteiger partial charge in [-0.25, -0.2) is 8.42 Å². The summed E-state index contributed by atoms with van der Waals surface area (Å²) in [5.41, 5.74) is 2.48. The van der Waals surface area contributed by atoms with E-state index in [1.54, 1.807) is 24.3 Å². The maximum Gasteiger partial charge on any atom is 0.244 e. The second kappa shape index (κ2) is 12.7. The van der Waals surface area contributed by atoms with Gasteiger partial charge in [-0.05, 0) is 68.7 Å². The van der Waals surface area contributed by atoms with Crippen LogP contribution in [-0.4, -0.2) is 49.5 Å². The van der Waals surface area contributed by atoms with Crippen LogP contribution in [0.5, 0.6) is 0 Å². The van der Waals surface area contributed by atoms with Gasteiger partial charge in [0.25, 0.3) is 0 Å². The van der Waals surface area contributed by atoms with Crippen LogP contribution in [-0.2, 0) is 32.6 Å². The van der Waals surface area contributed by atoms with Gasteiger partial charge in [-0.3, -0.25) is 13.9 Å². The first-order chi connectivity index (χ1) is 18.2. The Morgan fingerprint density at radius 1 is 0.923 bits per heavy atom. The highest BCUT2D eigenvalue weighted by Gasteiger charge is 2.34. The molecule has 3 rings (SSSR count). The maximum atomic E-state index is 14.1. The molecule has 0 saturated carbocycles. The monoisotopic (exact) mass is 569 g/mol. The molecule has 0 heterocycles. The van der Waals surface area contributed by atoms with E-state index in [-0.39, 0.29) is 18.9 Å². The summed E-state index contributed by atoms with van der Waals surface area (Å²) in [6.07, 6.45) is 1.31. The van der Waals surface area contributed by atoms with Crippen molar-refractivity contribution in [3.05, 3.63) is 101 Å². The number of carbonyl (C=O) groups excluding carboxylic acids is 2. The Labute approximate surface area is 236 Å². The van der Waals surface area contributed by atoms with Crippen LogP contribution in [0.1, 0.15) is 37.5 Å². The summed E-state index contributed by atoms with van der Waals surface area (Å²) in [4.78, 5) is 29.3. The van der Waals surface area contributed by atoms with Gasteiger partial charge in [0.2, 0.25) is 21.8 Å². The van der Waals surface area contributed by atoms with Gasteiger partial charge in [0, 0.05) is 23.5 Å². The molecule has 39 heavy (non-hydrogen) atoms. The number of nitrogens with zero attached hydrogens (tertiary/aromatic N) is 2. The number of aryl methyl sites for hydroxylation is 1. The number of benzene rings is 3. The Morgan fingerprint density at radius 3 is 2.08 bits per heavy atom. The number of nitrogens with one attached hydrogen (secondary N) is 1. The van der Waals surface area contributed by atoms with Crippen molar-refractivity contribution in [3.63, 3.8) is 0 Å². The number of hydrogen-bond acceptors (Lipinski definition) is 4. The summed E-state index contributed by atoms with van der Waals surface area (Å²) < 4.78 is 26.7. The Morgan fingerprint density at radius 2 is 1.51 bits per heavy atom. The average Bonchev–Trinajstić information content (AvgIpc) is 2.85. The van der Waals surface area contributed by atoms with Crippen molar-refractivity contribution in [2.24, 2.45) is 0 Å². The Balaban J connectivity index is 2.08. The molecule has 0 aliphatic carbocycles. The van der Waals surface area contributed by atoms with E-state index in [9.17, 15) is 18.0 Å². The van der Waals surface area contributed by atoms with E-state index in [1.807, 2.05) is 82.3 Å². The molecule has 9 heteroatoms. The summed E-state index contributed by atoms with van der Waals surface area (Å²) in [6, 6.07) is 22.5. The lowest BCUT2D eigenvalue weighted by Crippen LogP contribution is -2.56. The summed E-state index contributed by atoms with van der Waals surface area (Å²) in [6.45, 7) is 7.24. The van der Waals surface area contributed by atoms with E-state index in [2.05, 4.69) is 5.32 Å². The standard InChI is InChI=1S/C30H36ClN3O4S/c1-22-11-9-10-14-24(22)20-33(27(29(36)32-30(2,3)4)19-23-12-7-6-8-13-23)28(35)21-34(39(5,37)38)26-17-15-25(31)16-18-26/h6-18,27H,19-21H2,1-5H3,(H,32,36)/t27-/m0/s1. The summed E-state index contributed by atoms with van der Waals surface area (Å²) >= 11 is 6.01. The topological polar surface area (TPSA) is 86.8 Å². The average molecular weight is 570 g/mol. The quantitative estimate of drug-likeness (QED) is 0.373. The van der Waals surface area contributed by atoms with Crippen molar-refractivity contribution < 1.29 is 18.0 Å². The van der Waals surface area contributed by atoms with E-state index in [0.717, 1.165) is 27.3 Å². The molecule has 0 saturated heterocycles. The fraction of sp³-hybridized carbons (Fsp3) is 0.333. The second-order valence-electron chi connectivity index (χ2n) is 10.6. The molecule has 208 valence electrons. The van der Waals surface area contributed by atoms with Crippen LogP contribution < -0.4 is 9.62 Å². The Kier molecular flexibility index (Phi) is 9.80. The van der Waals surface area contributed by atoms with Crippen molar-refractivity contribution in [2.75, 3.05) is 17.1 Å².